The summed E-state index contributed by atoms with van der Waals surface area (Å²) in [5.74, 6) is -1.11. The lowest BCUT2D eigenvalue weighted by molar-refractivity contribution is -0.160. The van der Waals surface area contributed by atoms with E-state index in [0.717, 1.165) is 6.54 Å². The van der Waals surface area contributed by atoms with Gasteiger partial charge in [0.25, 0.3) is 0 Å². The Labute approximate surface area is 241 Å². The first kappa shape index (κ1) is 29.2. The van der Waals surface area contributed by atoms with E-state index in [1.165, 1.54) is 23.3 Å². The minimum atomic E-state index is -1.02. The van der Waals surface area contributed by atoms with Gasteiger partial charge in [-0.25, -0.2) is 4.39 Å². The van der Waals surface area contributed by atoms with E-state index >= 15 is 0 Å². The molecule has 1 aliphatic carbocycles. The molecule has 0 spiro atoms. The number of nitrogens with one attached hydrogen (secondary N) is 1. The third-order valence-electron chi connectivity index (χ3n) is 8.70. The van der Waals surface area contributed by atoms with E-state index in [1.54, 1.807) is 29.0 Å². The van der Waals surface area contributed by atoms with Crippen LogP contribution in [0.4, 0.5) is 4.39 Å². The smallest absolute Gasteiger partial charge is 0.250 e. The van der Waals surface area contributed by atoms with Gasteiger partial charge in [-0.15, -0.1) is 0 Å². The zero-order chi connectivity index (χ0) is 29.1. The van der Waals surface area contributed by atoms with Crippen LogP contribution in [0.3, 0.4) is 0 Å². The Bertz CT molecular complexity index is 1220. The highest BCUT2D eigenvalue weighted by Crippen LogP contribution is 2.36. The van der Waals surface area contributed by atoms with Gasteiger partial charge in [0.15, 0.2) is 0 Å². The third-order valence-corrected chi connectivity index (χ3v) is 8.70. The number of nitrogens with zero attached hydrogens (tertiary/aromatic N) is 3. The number of piperazine rings is 2. The Kier molecular flexibility index (Phi) is 9.04. The SMILES string of the molecule is COCCN1CCN(C(=O)[C@@H](c2ccc(F)cc2)N2C(=O)[C@@H](C3Cc4ccccc4C3)NC(=O)[C@H]2CC(C)C)CC1. The largest absolute Gasteiger partial charge is 0.383 e. The van der Waals surface area contributed by atoms with E-state index in [9.17, 15) is 18.8 Å². The summed E-state index contributed by atoms with van der Waals surface area (Å²) in [5.41, 5.74) is 2.89. The molecule has 41 heavy (non-hydrogen) atoms. The van der Waals surface area contributed by atoms with Gasteiger partial charge in [-0.1, -0.05) is 50.2 Å². The van der Waals surface area contributed by atoms with Crippen molar-refractivity contribution in [1.29, 1.82) is 0 Å². The standard InChI is InChI=1S/C32H41FN4O4/c1-21(2)18-27-30(38)34-28(25-19-23-6-4-5-7-24(23)20-25)31(39)37(27)29(22-8-10-26(33)11-9-22)32(40)36-14-12-35(13-15-36)16-17-41-3/h4-11,21,25,27-29H,12-20H2,1-3H3,(H,34,38)/t27-,28-,29-/m1/s1. The number of amides is 3. The molecule has 9 heteroatoms. The summed E-state index contributed by atoms with van der Waals surface area (Å²) in [5, 5.41) is 3.05. The van der Waals surface area contributed by atoms with Crippen LogP contribution in [0.1, 0.15) is 43.0 Å². The van der Waals surface area contributed by atoms with E-state index < -0.39 is 23.9 Å². The fourth-order valence-electron chi connectivity index (χ4n) is 6.53. The maximum atomic E-state index is 14.5. The number of carbonyl (C=O) groups is 3. The fraction of sp³-hybridized carbons (Fsp3) is 0.531. The second kappa shape index (κ2) is 12.7. The molecule has 0 unspecified atom stereocenters. The van der Waals surface area contributed by atoms with Gasteiger partial charge in [-0.3, -0.25) is 19.3 Å². The van der Waals surface area contributed by atoms with Crippen LogP contribution in [0, 0.1) is 17.7 Å². The van der Waals surface area contributed by atoms with Gasteiger partial charge in [0.2, 0.25) is 17.7 Å². The highest BCUT2D eigenvalue weighted by Gasteiger charge is 2.50. The van der Waals surface area contributed by atoms with Crippen molar-refractivity contribution in [2.24, 2.45) is 11.8 Å². The average Bonchev–Trinajstić information content (AvgIpc) is 3.40. The number of carbonyl (C=O) groups excluding carboxylic acids is 3. The number of halogens is 1. The lowest BCUT2D eigenvalue weighted by Crippen LogP contribution is -2.67. The molecule has 3 atom stereocenters. The molecule has 0 aromatic heterocycles. The quantitative estimate of drug-likeness (QED) is 0.507. The number of methoxy groups -OCH3 is 1. The van der Waals surface area contributed by atoms with E-state index in [0.29, 0.717) is 57.6 Å². The van der Waals surface area contributed by atoms with Gasteiger partial charge in [-0.05, 0) is 59.9 Å². The number of ether oxygens (including phenoxy) is 1. The Morgan fingerprint density at radius 2 is 1.63 bits per heavy atom. The summed E-state index contributed by atoms with van der Waals surface area (Å²) in [4.78, 5) is 48.2. The van der Waals surface area contributed by atoms with Crippen LogP contribution in [-0.4, -0.2) is 90.9 Å². The average molecular weight is 565 g/mol. The minimum absolute atomic E-state index is 0.0975. The molecule has 2 heterocycles. The molecule has 2 aromatic rings. The Morgan fingerprint density at radius 3 is 2.22 bits per heavy atom. The molecule has 0 bridgehead atoms. The number of hydrogen-bond acceptors (Lipinski definition) is 5. The minimum Gasteiger partial charge on any atom is -0.383 e. The Morgan fingerprint density at radius 1 is 1.00 bits per heavy atom. The molecule has 2 saturated heterocycles. The Hall–Kier alpha value is -3.30. The summed E-state index contributed by atoms with van der Waals surface area (Å²) in [6.45, 7) is 7.80. The zero-order valence-corrected chi connectivity index (χ0v) is 24.2. The predicted molar refractivity (Wildman–Crippen MR) is 153 cm³/mol. The number of hydrogen-bond donors (Lipinski definition) is 1. The van der Waals surface area contributed by atoms with Crippen LogP contribution < -0.4 is 5.32 Å². The first-order valence-corrected chi connectivity index (χ1v) is 14.7. The topological polar surface area (TPSA) is 82.2 Å². The molecule has 2 aromatic carbocycles. The van der Waals surface area contributed by atoms with Crippen LogP contribution in [-0.2, 0) is 32.0 Å². The fourth-order valence-corrected chi connectivity index (χ4v) is 6.53. The Balaban J connectivity index is 1.48. The molecule has 2 fully saturated rings. The molecule has 5 rings (SSSR count). The molecular weight excluding hydrogens is 523 g/mol. The molecule has 0 saturated carbocycles. The van der Waals surface area contributed by atoms with Crippen LogP contribution in [0.15, 0.2) is 48.5 Å². The number of rotatable bonds is 9. The van der Waals surface area contributed by atoms with Crippen LogP contribution in [0.25, 0.3) is 0 Å². The maximum Gasteiger partial charge on any atom is 0.250 e. The van der Waals surface area contributed by atoms with E-state index in [4.69, 9.17) is 4.74 Å². The molecule has 1 N–H and O–H groups in total. The highest BCUT2D eigenvalue weighted by atomic mass is 19.1. The first-order valence-electron chi connectivity index (χ1n) is 14.7. The predicted octanol–water partition coefficient (Wildman–Crippen LogP) is 2.81. The third kappa shape index (κ3) is 6.31. The van der Waals surface area contributed by atoms with Crippen LogP contribution in [0.2, 0.25) is 0 Å². The summed E-state index contributed by atoms with van der Waals surface area (Å²) < 4.78 is 19.2. The van der Waals surface area contributed by atoms with Gasteiger partial charge in [0.05, 0.1) is 6.61 Å². The number of fused-ring (bicyclic) bond motifs is 1. The highest BCUT2D eigenvalue weighted by molar-refractivity contribution is 6.00. The molecule has 3 amide bonds. The molecule has 2 aliphatic heterocycles. The van der Waals surface area contributed by atoms with Gasteiger partial charge >= 0.3 is 0 Å². The van der Waals surface area contributed by atoms with Crippen LogP contribution in [0.5, 0.6) is 0 Å². The van der Waals surface area contributed by atoms with E-state index in [-0.39, 0.29) is 29.6 Å². The second-order valence-corrected chi connectivity index (χ2v) is 11.9. The van der Waals surface area contributed by atoms with Gasteiger partial charge < -0.3 is 19.9 Å². The lowest BCUT2D eigenvalue weighted by atomic mass is 9.87. The van der Waals surface area contributed by atoms with Crippen molar-refractivity contribution >= 4 is 17.7 Å². The van der Waals surface area contributed by atoms with Crippen molar-refractivity contribution in [2.45, 2.75) is 51.2 Å². The van der Waals surface area contributed by atoms with Crippen molar-refractivity contribution in [3.05, 3.63) is 71.0 Å². The first-order chi connectivity index (χ1) is 19.8. The summed E-state index contributed by atoms with van der Waals surface area (Å²) in [7, 11) is 1.67. The molecule has 8 nitrogen and oxygen atoms in total. The van der Waals surface area contributed by atoms with Gasteiger partial charge in [0.1, 0.15) is 23.9 Å². The molecular formula is C32H41FN4O4. The second-order valence-electron chi connectivity index (χ2n) is 11.9. The maximum absolute atomic E-state index is 14.5. The van der Waals surface area contributed by atoms with Crippen molar-refractivity contribution in [3.8, 4) is 0 Å². The lowest BCUT2D eigenvalue weighted by Gasteiger charge is -2.46. The summed E-state index contributed by atoms with van der Waals surface area (Å²) in [6.07, 6.45) is 1.80. The van der Waals surface area contributed by atoms with Gasteiger partial charge in [-0.2, -0.15) is 0 Å². The number of benzene rings is 2. The summed E-state index contributed by atoms with van der Waals surface area (Å²) >= 11 is 0. The normalized spacial score (nSPS) is 22.7. The van der Waals surface area contributed by atoms with Crippen molar-refractivity contribution < 1.29 is 23.5 Å². The van der Waals surface area contributed by atoms with Crippen molar-refractivity contribution in [2.75, 3.05) is 46.4 Å². The van der Waals surface area contributed by atoms with E-state index in [2.05, 4.69) is 22.3 Å². The summed E-state index contributed by atoms with van der Waals surface area (Å²) in [6, 6.07) is 11.3. The van der Waals surface area contributed by atoms with Crippen molar-refractivity contribution in [3.63, 3.8) is 0 Å². The van der Waals surface area contributed by atoms with Crippen molar-refractivity contribution in [1.82, 2.24) is 20.0 Å². The molecule has 3 aliphatic rings. The van der Waals surface area contributed by atoms with E-state index in [1.807, 2.05) is 26.0 Å². The zero-order valence-electron chi connectivity index (χ0n) is 24.2. The molecule has 0 radical (unpaired) electrons. The monoisotopic (exact) mass is 564 g/mol. The molecule has 220 valence electrons. The van der Waals surface area contributed by atoms with Crippen LogP contribution >= 0.6 is 0 Å². The van der Waals surface area contributed by atoms with Gasteiger partial charge in [0, 0.05) is 39.8 Å².